The van der Waals surface area contributed by atoms with Crippen molar-refractivity contribution in [3.05, 3.63) is 36.9 Å². The molecule has 1 aromatic carbocycles. The van der Waals surface area contributed by atoms with E-state index in [4.69, 9.17) is 21.1 Å². The number of esters is 1. The average molecular weight is 255 g/mol. The minimum absolute atomic E-state index is 0.263. The van der Waals surface area contributed by atoms with Crippen molar-refractivity contribution in [3.8, 4) is 11.5 Å². The van der Waals surface area contributed by atoms with Gasteiger partial charge in [0.1, 0.15) is 18.1 Å². The van der Waals surface area contributed by atoms with E-state index in [2.05, 4.69) is 6.58 Å². The fraction of sp³-hybridized carbons (Fsp3) is 0.167. The molecule has 0 aromatic heterocycles. The van der Waals surface area contributed by atoms with Crippen LogP contribution in [0.25, 0.3) is 0 Å². The molecule has 0 spiro atoms. The summed E-state index contributed by atoms with van der Waals surface area (Å²) in [6, 6.07) is 6.30. The highest BCUT2D eigenvalue weighted by molar-refractivity contribution is 6.45. The number of rotatable bonds is 6. The molecule has 17 heavy (non-hydrogen) atoms. The molecule has 0 atom stereocenters. The van der Waals surface area contributed by atoms with Crippen molar-refractivity contribution in [2.75, 3.05) is 12.5 Å². The fourth-order valence-electron chi connectivity index (χ4n) is 0.978. The first-order valence-electron chi connectivity index (χ1n) is 4.82. The van der Waals surface area contributed by atoms with Crippen molar-refractivity contribution in [2.24, 2.45) is 0 Å². The van der Waals surface area contributed by atoms with Crippen molar-refractivity contribution in [1.82, 2.24) is 0 Å². The number of ether oxygens (including phenoxy) is 2. The molecule has 0 saturated carbocycles. The Hall–Kier alpha value is -1.81. The van der Waals surface area contributed by atoms with Gasteiger partial charge in [-0.3, -0.25) is 4.79 Å². The standard InChI is InChI=1S/C12H11ClO4/c1-2-7-16-9-3-5-10(6-4-9)17-12(15)11(14)8-13/h2-6H,1,7-8H2. The normalized spacial score (nSPS) is 9.47. The van der Waals surface area contributed by atoms with Crippen LogP contribution in [0.15, 0.2) is 36.9 Å². The van der Waals surface area contributed by atoms with Crippen molar-refractivity contribution in [1.29, 1.82) is 0 Å². The predicted octanol–water partition coefficient (Wildman–Crippen LogP) is 1.96. The van der Waals surface area contributed by atoms with E-state index in [0.29, 0.717) is 12.4 Å². The molecule has 0 radical (unpaired) electrons. The average Bonchev–Trinajstić information content (AvgIpc) is 2.37. The van der Waals surface area contributed by atoms with Gasteiger partial charge < -0.3 is 9.47 Å². The second-order valence-corrected chi connectivity index (χ2v) is 3.28. The summed E-state index contributed by atoms with van der Waals surface area (Å²) >= 11 is 5.22. The van der Waals surface area contributed by atoms with Crippen LogP contribution >= 0.6 is 11.6 Å². The van der Waals surface area contributed by atoms with Crippen LogP contribution in [-0.4, -0.2) is 24.2 Å². The minimum atomic E-state index is -0.972. The molecule has 0 fully saturated rings. The third kappa shape index (κ3) is 4.28. The summed E-state index contributed by atoms with van der Waals surface area (Å²) in [7, 11) is 0. The molecule has 1 aromatic rings. The second kappa shape index (κ2) is 6.70. The summed E-state index contributed by atoms with van der Waals surface area (Å²) in [6.45, 7) is 3.91. The summed E-state index contributed by atoms with van der Waals surface area (Å²) in [4.78, 5) is 22.0. The Morgan fingerprint density at radius 3 is 2.35 bits per heavy atom. The summed E-state index contributed by atoms with van der Waals surface area (Å²) < 4.78 is 10.0. The number of alkyl halides is 1. The third-order valence-corrected chi connectivity index (χ3v) is 1.99. The smallest absolute Gasteiger partial charge is 0.381 e. The van der Waals surface area contributed by atoms with Gasteiger partial charge >= 0.3 is 5.97 Å². The lowest BCUT2D eigenvalue weighted by Gasteiger charge is -2.05. The monoisotopic (exact) mass is 254 g/mol. The van der Waals surface area contributed by atoms with Gasteiger partial charge in [0, 0.05) is 0 Å². The molecule has 0 saturated heterocycles. The number of benzene rings is 1. The molecule has 90 valence electrons. The van der Waals surface area contributed by atoms with Crippen molar-refractivity contribution < 1.29 is 19.1 Å². The summed E-state index contributed by atoms with van der Waals surface area (Å²) in [5.41, 5.74) is 0. The molecule has 0 aliphatic rings. The zero-order chi connectivity index (χ0) is 12.7. The molecule has 4 nitrogen and oxygen atoms in total. The first-order chi connectivity index (χ1) is 8.17. The molecular weight excluding hydrogens is 244 g/mol. The van der Waals surface area contributed by atoms with E-state index in [1.54, 1.807) is 18.2 Å². The summed E-state index contributed by atoms with van der Waals surface area (Å²) in [5, 5.41) is 0. The van der Waals surface area contributed by atoms with Gasteiger partial charge in [-0.05, 0) is 24.3 Å². The van der Waals surface area contributed by atoms with Gasteiger partial charge in [0.2, 0.25) is 0 Å². The lowest BCUT2D eigenvalue weighted by Crippen LogP contribution is -2.21. The van der Waals surface area contributed by atoms with E-state index in [1.807, 2.05) is 0 Å². The summed E-state index contributed by atoms with van der Waals surface area (Å²) in [6.07, 6.45) is 1.62. The lowest BCUT2D eigenvalue weighted by atomic mass is 10.3. The fourth-order valence-corrected chi connectivity index (χ4v) is 1.09. The van der Waals surface area contributed by atoms with E-state index in [1.165, 1.54) is 12.1 Å². The lowest BCUT2D eigenvalue weighted by molar-refractivity contribution is -0.145. The molecule has 0 amide bonds. The molecule has 0 unspecified atom stereocenters. The SMILES string of the molecule is C=CCOc1ccc(OC(=O)C(=O)CCl)cc1. The molecule has 0 bridgehead atoms. The zero-order valence-corrected chi connectivity index (χ0v) is 9.77. The number of carbonyl (C=O) groups is 2. The van der Waals surface area contributed by atoms with E-state index in [0.717, 1.165) is 0 Å². The van der Waals surface area contributed by atoms with Crippen molar-refractivity contribution in [2.45, 2.75) is 0 Å². The van der Waals surface area contributed by atoms with Gasteiger partial charge in [-0.2, -0.15) is 0 Å². The molecule has 1 rings (SSSR count). The number of carbonyl (C=O) groups excluding carboxylic acids is 2. The van der Waals surface area contributed by atoms with Gasteiger partial charge in [-0.1, -0.05) is 12.7 Å². The van der Waals surface area contributed by atoms with Crippen LogP contribution in [0.5, 0.6) is 11.5 Å². The highest BCUT2D eigenvalue weighted by atomic mass is 35.5. The number of hydrogen-bond donors (Lipinski definition) is 0. The predicted molar refractivity (Wildman–Crippen MR) is 63.5 cm³/mol. The Morgan fingerprint density at radius 1 is 1.24 bits per heavy atom. The maximum absolute atomic E-state index is 11.1. The van der Waals surface area contributed by atoms with Crippen LogP contribution in [-0.2, 0) is 9.59 Å². The van der Waals surface area contributed by atoms with Crippen LogP contribution in [0.2, 0.25) is 0 Å². The first-order valence-corrected chi connectivity index (χ1v) is 5.35. The van der Waals surface area contributed by atoms with Crippen molar-refractivity contribution >= 4 is 23.4 Å². The highest BCUT2D eigenvalue weighted by Crippen LogP contribution is 2.17. The largest absolute Gasteiger partial charge is 0.490 e. The first kappa shape index (κ1) is 13.3. The topological polar surface area (TPSA) is 52.6 Å². The quantitative estimate of drug-likeness (QED) is 0.256. The van der Waals surface area contributed by atoms with Gasteiger partial charge in [-0.15, -0.1) is 11.6 Å². The highest BCUT2D eigenvalue weighted by Gasteiger charge is 2.14. The van der Waals surface area contributed by atoms with Crippen LogP contribution in [0, 0.1) is 0 Å². The second-order valence-electron chi connectivity index (χ2n) is 3.02. The van der Waals surface area contributed by atoms with Gasteiger partial charge in [0.15, 0.2) is 0 Å². The number of hydrogen-bond acceptors (Lipinski definition) is 4. The molecule has 0 N–H and O–H groups in total. The van der Waals surface area contributed by atoms with Gasteiger partial charge in [0.25, 0.3) is 5.78 Å². The number of Topliss-reactive ketones (excluding diaryl/α,β-unsaturated/α-hetero) is 1. The molecular formula is C12H11ClO4. The van der Waals surface area contributed by atoms with Crippen molar-refractivity contribution in [3.63, 3.8) is 0 Å². The van der Waals surface area contributed by atoms with E-state index in [9.17, 15) is 9.59 Å². The molecule has 5 heteroatoms. The number of ketones is 1. The third-order valence-electron chi connectivity index (χ3n) is 1.75. The summed E-state index contributed by atoms with van der Waals surface area (Å²) in [5.74, 6) is -1.26. The molecule has 0 aliphatic carbocycles. The van der Waals surface area contributed by atoms with Gasteiger partial charge in [-0.25, -0.2) is 4.79 Å². The maximum atomic E-state index is 11.1. The zero-order valence-electron chi connectivity index (χ0n) is 9.02. The van der Waals surface area contributed by atoms with Crippen LogP contribution < -0.4 is 9.47 Å². The number of halogens is 1. The molecule has 0 aliphatic heterocycles. The Balaban J connectivity index is 2.59. The van der Waals surface area contributed by atoms with Crippen LogP contribution in [0.1, 0.15) is 0 Å². The minimum Gasteiger partial charge on any atom is -0.490 e. The Bertz CT molecular complexity index is 411. The van der Waals surface area contributed by atoms with E-state index < -0.39 is 11.8 Å². The van der Waals surface area contributed by atoms with E-state index >= 15 is 0 Å². The maximum Gasteiger partial charge on any atom is 0.381 e. The Labute approximate surface area is 104 Å². The van der Waals surface area contributed by atoms with Crippen LogP contribution in [0.4, 0.5) is 0 Å². The Kier molecular flexibility index (Phi) is 5.23. The van der Waals surface area contributed by atoms with E-state index in [-0.39, 0.29) is 11.6 Å². The van der Waals surface area contributed by atoms with Crippen LogP contribution in [0.3, 0.4) is 0 Å². The Morgan fingerprint density at radius 2 is 1.82 bits per heavy atom. The molecule has 0 heterocycles. The van der Waals surface area contributed by atoms with Gasteiger partial charge in [0.05, 0.1) is 5.88 Å².